The molecule has 0 radical (unpaired) electrons. The first-order valence-electron chi connectivity index (χ1n) is 16.1. The Labute approximate surface area is 289 Å². The summed E-state index contributed by atoms with van der Waals surface area (Å²) in [5.41, 5.74) is 0. The van der Waals surface area contributed by atoms with E-state index in [9.17, 15) is 70.9 Å². The third kappa shape index (κ3) is 9.11. The van der Waals surface area contributed by atoms with Gasteiger partial charge >= 0.3 is 0 Å². The van der Waals surface area contributed by atoms with Crippen molar-refractivity contribution in [2.75, 3.05) is 26.4 Å². The van der Waals surface area contributed by atoms with Gasteiger partial charge < -0.3 is 105 Å². The van der Waals surface area contributed by atoms with E-state index >= 15 is 0 Å². The minimum Gasteiger partial charge on any atom is -0.394 e. The molecule has 4 aliphatic heterocycles. The van der Waals surface area contributed by atoms with E-state index in [0.29, 0.717) is 0 Å². The number of hydrogen-bond donors (Lipinski definition) is 14. The summed E-state index contributed by atoms with van der Waals surface area (Å²) in [6.07, 6.45) is -31.2. The molecule has 4 rings (SSSR count). The maximum absolute atomic E-state index is 12.2. The predicted octanol–water partition coefficient (Wildman–Crippen LogP) is -9.46. The van der Waals surface area contributed by atoms with Crippen molar-refractivity contribution in [2.24, 2.45) is 0 Å². The van der Waals surface area contributed by atoms with Crippen LogP contribution >= 0.6 is 0 Å². The van der Waals surface area contributed by atoms with Crippen molar-refractivity contribution < 1.29 is 104 Å². The number of hydrogen-bond acceptors (Lipinski definition) is 21. The van der Waals surface area contributed by atoms with E-state index in [1.807, 2.05) is 0 Å². The Bertz CT molecular complexity index is 1140. The fourth-order valence-electron chi connectivity index (χ4n) is 6.35. The first-order valence-corrected chi connectivity index (χ1v) is 16.1. The zero-order valence-electron chi connectivity index (χ0n) is 27.4. The van der Waals surface area contributed by atoms with E-state index < -0.39 is 161 Å². The molecule has 2 amide bonds. The standard InChI is InChI=1S/C28H48N2O21/c1-7(35)29-13-17(39)22(50-27-20(42)18(40)15(37)9(3-31)46-27)11(5-33)47-26(13)49-23-12(6-34)48-28(21(43)19(23)41)51-24-14(30-8(2)36)25(44)45-10(4-32)16(24)38/h9-28,31-34,37-44H,3-6H2,1-2H3,(H,29,35)(H,30,36)/t9-,10-,11-,12-,13-,14-,15-,16+,17-,18+,19-,20-,21-,22-,23+,24-,25+,26+,27+,28+/m1/s1. The van der Waals surface area contributed by atoms with Crippen molar-refractivity contribution in [3.05, 3.63) is 0 Å². The topological polar surface area (TPSA) is 366 Å². The molecule has 0 unspecified atom stereocenters. The van der Waals surface area contributed by atoms with E-state index in [-0.39, 0.29) is 0 Å². The van der Waals surface area contributed by atoms with Crippen LogP contribution in [0.3, 0.4) is 0 Å². The largest absolute Gasteiger partial charge is 0.394 e. The third-order valence-corrected chi connectivity index (χ3v) is 9.01. The van der Waals surface area contributed by atoms with Crippen LogP contribution in [0.25, 0.3) is 0 Å². The molecule has 0 bridgehead atoms. The Hall–Kier alpha value is -1.82. The summed E-state index contributed by atoms with van der Waals surface area (Å²) in [4.78, 5) is 24.0. The molecule has 4 saturated heterocycles. The van der Waals surface area contributed by atoms with Gasteiger partial charge in [0.1, 0.15) is 97.5 Å². The van der Waals surface area contributed by atoms with E-state index in [1.165, 1.54) is 0 Å². The van der Waals surface area contributed by atoms with Crippen LogP contribution in [0.5, 0.6) is 0 Å². The lowest BCUT2D eigenvalue weighted by Crippen LogP contribution is -2.70. The first-order chi connectivity index (χ1) is 24.1. The van der Waals surface area contributed by atoms with Crippen LogP contribution < -0.4 is 10.6 Å². The Morgan fingerprint density at radius 3 is 1.41 bits per heavy atom. The number of rotatable bonds is 12. The number of carbonyl (C=O) groups excluding carboxylic acids is 2. The molecule has 296 valence electrons. The van der Waals surface area contributed by atoms with Gasteiger partial charge in [-0.15, -0.1) is 0 Å². The van der Waals surface area contributed by atoms with E-state index in [2.05, 4.69) is 10.6 Å². The van der Waals surface area contributed by atoms with Gasteiger partial charge in [-0.2, -0.15) is 0 Å². The molecule has 0 spiro atoms. The molecule has 51 heavy (non-hydrogen) atoms. The summed E-state index contributed by atoms with van der Waals surface area (Å²) in [6, 6.07) is -3.05. The van der Waals surface area contributed by atoms with Crippen molar-refractivity contribution in [1.29, 1.82) is 0 Å². The van der Waals surface area contributed by atoms with Crippen LogP contribution in [0.2, 0.25) is 0 Å². The minimum absolute atomic E-state index is 0.678. The lowest BCUT2D eigenvalue weighted by atomic mass is 9.94. The van der Waals surface area contributed by atoms with Gasteiger partial charge in [0.05, 0.1) is 26.4 Å². The van der Waals surface area contributed by atoms with Crippen molar-refractivity contribution in [1.82, 2.24) is 10.6 Å². The third-order valence-electron chi connectivity index (χ3n) is 9.01. The van der Waals surface area contributed by atoms with Crippen LogP contribution in [-0.4, -0.2) is 222 Å². The van der Waals surface area contributed by atoms with Gasteiger partial charge in [-0.05, 0) is 0 Å². The van der Waals surface area contributed by atoms with Crippen LogP contribution in [-0.2, 0) is 42.7 Å². The summed E-state index contributed by atoms with van der Waals surface area (Å²) in [6.45, 7) is -1.25. The predicted molar refractivity (Wildman–Crippen MR) is 157 cm³/mol. The maximum Gasteiger partial charge on any atom is 0.217 e. The van der Waals surface area contributed by atoms with E-state index in [0.717, 1.165) is 13.8 Å². The number of aliphatic hydroxyl groups is 12. The Balaban J connectivity index is 1.53. The molecule has 0 aromatic rings. The normalized spacial score (nSPS) is 47.8. The molecule has 4 aliphatic rings. The SMILES string of the molecule is CC(=O)N[C@@H]1[C@@H](O[C@@H]2O[C@H](CO)[C@H](O[C@@H]3O[C@H](CO)[C@@H](O[C@@H]4O[C@H](CO)[C@@H](O)[C@H](O)[C@H]4O)[C@H](O)[C@H]3NC(C)=O)[C@H](O)[C@H]2O)[C@@H](O)[C@@H](CO)O[C@@H]1O. The molecular formula is C28H48N2O21. The van der Waals surface area contributed by atoms with Gasteiger partial charge in [0.25, 0.3) is 0 Å². The molecule has 23 nitrogen and oxygen atoms in total. The van der Waals surface area contributed by atoms with Crippen molar-refractivity contribution in [3.63, 3.8) is 0 Å². The van der Waals surface area contributed by atoms with Gasteiger partial charge in [0.2, 0.25) is 11.8 Å². The van der Waals surface area contributed by atoms with E-state index in [1.54, 1.807) is 0 Å². The molecule has 0 aromatic carbocycles. The summed E-state index contributed by atoms with van der Waals surface area (Å²) in [5, 5.41) is 129. The smallest absolute Gasteiger partial charge is 0.217 e. The number of carbonyl (C=O) groups is 2. The van der Waals surface area contributed by atoms with Crippen LogP contribution in [0.4, 0.5) is 0 Å². The monoisotopic (exact) mass is 748 g/mol. The fraction of sp³-hybridized carbons (Fsp3) is 0.929. The molecule has 4 fully saturated rings. The van der Waals surface area contributed by atoms with Crippen LogP contribution in [0.15, 0.2) is 0 Å². The molecule has 4 heterocycles. The lowest BCUT2D eigenvalue weighted by Gasteiger charge is -2.50. The van der Waals surface area contributed by atoms with E-state index in [4.69, 9.17) is 33.2 Å². The average molecular weight is 749 g/mol. The van der Waals surface area contributed by atoms with Gasteiger partial charge in [0.15, 0.2) is 25.2 Å². The quantitative estimate of drug-likeness (QED) is 0.0881. The number of amides is 2. The summed E-state index contributed by atoms with van der Waals surface area (Å²) in [7, 11) is 0. The van der Waals surface area contributed by atoms with Gasteiger partial charge in [0, 0.05) is 13.8 Å². The molecule has 20 atom stereocenters. The van der Waals surface area contributed by atoms with Crippen molar-refractivity contribution >= 4 is 11.8 Å². The summed E-state index contributed by atoms with van der Waals surface area (Å²) < 4.78 is 39.0. The van der Waals surface area contributed by atoms with Crippen molar-refractivity contribution in [3.8, 4) is 0 Å². The van der Waals surface area contributed by atoms with Crippen LogP contribution in [0.1, 0.15) is 13.8 Å². The second-order valence-electron chi connectivity index (χ2n) is 12.6. The first kappa shape index (κ1) is 41.9. The molecule has 0 aromatic heterocycles. The number of nitrogens with one attached hydrogen (secondary N) is 2. The van der Waals surface area contributed by atoms with Crippen molar-refractivity contribution in [2.45, 2.75) is 137 Å². The highest BCUT2D eigenvalue weighted by molar-refractivity contribution is 5.73. The van der Waals surface area contributed by atoms with Gasteiger partial charge in [-0.1, -0.05) is 0 Å². The number of aliphatic hydroxyl groups excluding tert-OH is 12. The highest BCUT2D eigenvalue weighted by Crippen LogP contribution is 2.34. The molecule has 14 N–H and O–H groups in total. The Kier molecular flexibility index (Phi) is 14.8. The Morgan fingerprint density at radius 2 is 0.882 bits per heavy atom. The zero-order chi connectivity index (χ0) is 37.9. The maximum atomic E-state index is 12.2. The average Bonchev–Trinajstić information content (AvgIpc) is 3.09. The molecule has 0 saturated carbocycles. The lowest BCUT2D eigenvalue weighted by molar-refractivity contribution is -0.375. The molecule has 23 heteroatoms. The minimum atomic E-state index is -2.04. The molecule has 0 aliphatic carbocycles. The Morgan fingerprint density at radius 1 is 0.471 bits per heavy atom. The second-order valence-corrected chi connectivity index (χ2v) is 12.6. The zero-order valence-corrected chi connectivity index (χ0v) is 27.4. The van der Waals surface area contributed by atoms with Gasteiger partial charge in [-0.3, -0.25) is 9.59 Å². The summed E-state index contributed by atoms with van der Waals surface area (Å²) >= 11 is 0. The second kappa shape index (κ2) is 18.0. The molecular weight excluding hydrogens is 700 g/mol. The summed E-state index contributed by atoms with van der Waals surface area (Å²) in [5.74, 6) is -1.42. The van der Waals surface area contributed by atoms with Gasteiger partial charge in [-0.25, -0.2) is 0 Å². The van der Waals surface area contributed by atoms with Crippen LogP contribution in [0, 0.1) is 0 Å². The fourth-order valence-corrected chi connectivity index (χ4v) is 6.35. The highest BCUT2D eigenvalue weighted by Gasteiger charge is 2.55. The highest BCUT2D eigenvalue weighted by atomic mass is 16.8. The number of ether oxygens (including phenoxy) is 7.